The number of hydrogen-bond donors (Lipinski definition) is 0. The molecule has 0 fully saturated rings. The zero-order valence-corrected chi connectivity index (χ0v) is 32.1. The van der Waals surface area contributed by atoms with Crippen LogP contribution in [0, 0.1) is 0 Å². The van der Waals surface area contributed by atoms with Gasteiger partial charge in [0.05, 0.1) is 0 Å². The van der Waals surface area contributed by atoms with Gasteiger partial charge in [0.1, 0.15) is 0 Å². The molecule has 0 rings (SSSR count). The van der Waals surface area contributed by atoms with Crippen molar-refractivity contribution in [2.45, 2.75) is 204 Å². The van der Waals surface area contributed by atoms with E-state index in [0.29, 0.717) is 0 Å². The Kier molecular flexibility index (Phi) is 49.5. The number of carboxylic acids is 2. The van der Waals surface area contributed by atoms with E-state index in [-0.39, 0.29) is 34.0 Å². The van der Waals surface area contributed by atoms with Crippen molar-refractivity contribution in [2.75, 3.05) is 0 Å². The van der Waals surface area contributed by atoms with E-state index in [4.69, 9.17) is 0 Å². The van der Waals surface area contributed by atoms with Gasteiger partial charge in [-0.05, 0) is 77.0 Å². The molecule has 43 heavy (non-hydrogen) atoms. The van der Waals surface area contributed by atoms with Crippen LogP contribution in [-0.2, 0) is 9.59 Å². The Morgan fingerprint density at radius 3 is 0.860 bits per heavy atom. The zero-order chi connectivity index (χ0) is 32.5. The van der Waals surface area contributed by atoms with Gasteiger partial charge in [-0.15, -0.1) is 0 Å². The summed E-state index contributed by atoms with van der Waals surface area (Å²) in [5.74, 6) is -1.83. The van der Waals surface area contributed by atoms with Crippen LogP contribution in [0.3, 0.4) is 0 Å². The summed E-state index contributed by atoms with van der Waals surface area (Å²) in [6.45, 7) is 4.51. The fourth-order valence-electron chi connectivity index (χ4n) is 4.68. The molecular formula is C38H72O4Sn. The molecular weight excluding hydrogens is 639 g/mol. The molecule has 0 unspecified atom stereocenters. The molecule has 0 aromatic rings. The average molecular weight is 712 g/mol. The second kappa shape index (κ2) is 45.6. The van der Waals surface area contributed by atoms with Crippen LogP contribution in [-0.4, -0.2) is 33.1 Å². The summed E-state index contributed by atoms with van der Waals surface area (Å²) >= 11 is 0.230. The summed E-state index contributed by atoms with van der Waals surface area (Å²) in [6, 6.07) is 0. The van der Waals surface area contributed by atoms with Gasteiger partial charge in [-0.3, -0.25) is 0 Å². The number of carbonyl (C=O) groups is 2. The summed E-state index contributed by atoms with van der Waals surface area (Å²) in [4.78, 5) is 25.0. The van der Waals surface area contributed by atoms with Crippen molar-refractivity contribution < 1.29 is 19.8 Å². The number of rotatable bonds is 30. The number of hydrogen-bond acceptors (Lipinski definition) is 4. The van der Waals surface area contributed by atoms with Gasteiger partial charge in [0, 0.05) is 11.9 Å². The van der Waals surface area contributed by atoms with Gasteiger partial charge in [-0.25, -0.2) is 0 Å². The van der Waals surface area contributed by atoms with Crippen LogP contribution in [0.5, 0.6) is 0 Å². The molecule has 252 valence electrons. The minimum absolute atomic E-state index is 0.220. The number of carboxylic acid groups (broad SMARTS) is 2. The van der Waals surface area contributed by atoms with Crippen molar-refractivity contribution >= 4 is 33.1 Å². The van der Waals surface area contributed by atoms with E-state index in [1.165, 1.54) is 128 Å². The Hall–Kier alpha value is -0.781. The van der Waals surface area contributed by atoms with Crippen LogP contribution in [0.15, 0.2) is 24.3 Å². The van der Waals surface area contributed by atoms with E-state index in [2.05, 4.69) is 48.0 Å². The maximum absolute atomic E-state index is 10.2. The average Bonchev–Trinajstić information content (AvgIpc) is 2.97. The Balaban J connectivity index is -0.000000681. The Morgan fingerprint density at radius 1 is 0.419 bits per heavy atom. The van der Waals surface area contributed by atoms with Crippen LogP contribution in [0.2, 0.25) is 9.88 Å². The van der Waals surface area contributed by atoms with Crippen molar-refractivity contribution in [1.29, 1.82) is 0 Å². The minimum atomic E-state index is -0.914. The molecule has 0 aliphatic rings. The predicted molar refractivity (Wildman–Crippen MR) is 186 cm³/mol. The van der Waals surface area contributed by atoms with E-state index < -0.39 is 11.9 Å². The van der Waals surface area contributed by atoms with Gasteiger partial charge in [-0.2, -0.15) is 0 Å². The van der Waals surface area contributed by atoms with Crippen molar-refractivity contribution in [2.24, 2.45) is 0 Å². The third-order valence-electron chi connectivity index (χ3n) is 7.29. The normalized spacial score (nSPS) is 10.7. The standard InChI is InChI=1S/2C18H34O2.2CH3.Sn/c2*1-2-3-4-5-6-7-8-9-10-11-12-13-14-15-16-17-18(19)20;;;/h2*9-10H,2-8,11-17H2,1H3,(H,19,20);2*1H3;/q;;;;+2/p-2/b2*10-9+;;;. The van der Waals surface area contributed by atoms with E-state index >= 15 is 0 Å². The fraction of sp³-hybridized carbons (Fsp3) is 0.842. The molecule has 4 nitrogen and oxygen atoms in total. The van der Waals surface area contributed by atoms with Gasteiger partial charge in [0.25, 0.3) is 0 Å². The molecule has 0 spiro atoms. The first-order valence-corrected chi connectivity index (χ1v) is 23.9. The van der Waals surface area contributed by atoms with E-state index in [9.17, 15) is 19.8 Å². The molecule has 0 bridgehead atoms. The van der Waals surface area contributed by atoms with Crippen LogP contribution >= 0.6 is 0 Å². The van der Waals surface area contributed by atoms with Crippen LogP contribution in [0.25, 0.3) is 0 Å². The van der Waals surface area contributed by atoms with Gasteiger partial charge in [0.2, 0.25) is 0 Å². The molecule has 0 atom stereocenters. The molecule has 0 aliphatic carbocycles. The summed E-state index contributed by atoms with van der Waals surface area (Å²) in [7, 11) is 0. The fourth-order valence-corrected chi connectivity index (χ4v) is 4.68. The molecule has 0 amide bonds. The van der Waals surface area contributed by atoms with E-state index in [0.717, 1.165) is 38.5 Å². The SMILES string of the molecule is CCCCCCCC/C=C/CCCCCCCC(=O)[O-].CCCCCCCC/C=C/CCCCCCCC(=O)[O-].[CH3][Sn+2][CH3]. The quantitative estimate of drug-likeness (QED) is 0.0422. The topological polar surface area (TPSA) is 80.3 Å². The molecule has 0 aliphatic heterocycles. The molecule has 5 heteroatoms. The van der Waals surface area contributed by atoms with E-state index in [1.807, 2.05) is 0 Å². The van der Waals surface area contributed by atoms with Crippen molar-refractivity contribution in [1.82, 2.24) is 0 Å². The van der Waals surface area contributed by atoms with Gasteiger partial charge >= 0.3 is 31.0 Å². The van der Waals surface area contributed by atoms with Gasteiger partial charge in [0.15, 0.2) is 0 Å². The molecule has 0 radical (unpaired) electrons. The molecule has 0 saturated heterocycles. The third-order valence-corrected chi connectivity index (χ3v) is 7.29. The molecule has 0 aromatic carbocycles. The van der Waals surface area contributed by atoms with Crippen LogP contribution < -0.4 is 10.2 Å². The first kappa shape index (κ1) is 46.6. The number of carbonyl (C=O) groups excluding carboxylic acids is 2. The van der Waals surface area contributed by atoms with Crippen molar-refractivity contribution in [3.63, 3.8) is 0 Å². The second-order valence-electron chi connectivity index (χ2n) is 11.9. The Morgan fingerprint density at radius 2 is 0.628 bits per heavy atom. The summed E-state index contributed by atoms with van der Waals surface area (Å²) in [5.41, 5.74) is 0. The summed E-state index contributed by atoms with van der Waals surface area (Å²) < 4.78 is 0. The first-order chi connectivity index (χ1) is 21.0. The van der Waals surface area contributed by atoms with Gasteiger partial charge in [-0.1, -0.05) is 141 Å². The van der Waals surface area contributed by atoms with Crippen LogP contribution in [0.4, 0.5) is 0 Å². The maximum atomic E-state index is 10.2. The molecule has 0 saturated carbocycles. The number of unbranched alkanes of at least 4 members (excludes halogenated alkanes) is 22. The molecule has 0 N–H and O–H groups in total. The van der Waals surface area contributed by atoms with Crippen molar-refractivity contribution in [3.05, 3.63) is 24.3 Å². The Bertz CT molecular complexity index is 538. The van der Waals surface area contributed by atoms with Crippen LogP contribution in [0.1, 0.15) is 194 Å². The third kappa shape index (κ3) is 57.5. The molecule has 0 heterocycles. The predicted octanol–water partition coefficient (Wildman–Crippen LogP) is 10.3. The molecule has 0 aromatic heterocycles. The van der Waals surface area contributed by atoms with Crippen molar-refractivity contribution in [3.8, 4) is 0 Å². The number of allylic oxidation sites excluding steroid dienone is 4. The van der Waals surface area contributed by atoms with Gasteiger partial charge < -0.3 is 19.8 Å². The monoisotopic (exact) mass is 712 g/mol. The van der Waals surface area contributed by atoms with E-state index in [1.54, 1.807) is 0 Å². The Labute approximate surface area is 279 Å². The zero-order valence-electron chi connectivity index (χ0n) is 29.2. The second-order valence-corrected chi connectivity index (χ2v) is 14.8. The summed E-state index contributed by atoms with van der Waals surface area (Å²) in [6.07, 6.45) is 41.8. The number of aliphatic carboxylic acids is 2. The summed E-state index contributed by atoms with van der Waals surface area (Å²) in [5, 5.41) is 20.4. The first-order valence-electron chi connectivity index (χ1n) is 18.2.